The number of hydrogen-bond donors (Lipinski definition) is 5. The van der Waals surface area contributed by atoms with Crippen molar-refractivity contribution in [1.29, 1.82) is 0 Å². The van der Waals surface area contributed by atoms with Crippen LogP contribution in [0.1, 0.15) is 96.8 Å². The molecule has 198 valence electrons. The first-order chi connectivity index (χ1) is 16.0. The van der Waals surface area contributed by atoms with Gasteiger partial charge < -0.3 is 41.0 Å². The third kappa shape index (κ3) is 13.4. The number of unbranched alkanes of at least 4 members (excludes halogenated alkanes) is 13. The minimum absolute atomic E-state index is 0.216. The molecular formula is C25H52N2O6. The van der Waals surface area contributed by atoms with Crippen LogP contribution >= 0.6 is 0 Å². The molecule has 7 N–H and O–H groups in total. The molecule has 1 rings (SSSR count). The van der Waals surface area contributed by atoms with Crippen molar-refractivity contribution in [3.63, 3.8) is 0 Å². The molecule has 8 nitrogen and oxygen atoms in total. The van der Waals surface area contributed by atoms with Gasteiger partial charge in [0.05, 0.1) is 25.4 Å². The second-order valence-electron chi connectivity index (χ2n) is 9.45. The van der Waals surface area contributed by atoms with E-state index < -0.39 is 43.4 Å². The van der Waals surface area contributed by atoms with Crippen LogP contribution in [0.15, 0.2) is 0 Å². The average molecular weight is 477 g/mol. The lowest BCUT2D eigenvalue weighted by Gasteiger charge is -2.41. The summed E-state index contributed by atoms with van der Waals surface area (Å²) in [5.74, 6) is 0. The summed E-state index contributed by atoms with van der Waals surface area (Å²) < 4.78 is 16.9. The van der Waals surface area contributed by atoms with E-state index in [9.17, 15) is 15.3 Å². The van der Waals surface area contributed by atoms with Crippen molar-refractivity contribution in [1.82, 2.24) is 0 Å². The number of aliphatic hydroxyl groups is 3. The van der Waals surface area contributed by atoms with Crippen LogP contribution in [0.5, 0.6) is 0 Å². The van der Waals surface area contributed by atoms with Gasteiger partial charge in [-0.2, -0.15) is 0 Å². The Bertz CT molecular complexity index is 443. The Morgan fingerprint density at radius 1 is 0.818 bits per heavy atom. The number of rotatable bonds is 21. The molecule has 8 heteroatoms. The third-order valence-electron chi connectivity index (χ3n) is 6.46. The Morgan fingerprint density at radius 2 is 1.33 bits per heavy atom. The second-order valence-corrected chi connectivity index (χ2v) is 9.45. The van der Waals surface area contributed by atoms with E-state index >= 15 is 0 Å². The molecule has 0 aromatic rings. The van der Waals surface area contributed by atoms with E-state index in [0.29, 0.717) is 13.2 Å². The molecule has 6 atom stereocenters. The maximum absolute atomic E-state index is 10.0. The van der Waals surface area contributed by atoms with Crippen molar-refractivity contribution in [3.05, 3.63) is 0 Å². The minimum Gasteiger partial charge on any atom is -0.394 e. The smallest absolute Gasteiger partial charge is 0.176 e. The molecule has 0 aromatic carbocycles. The van der Waals surface area contributed by atoms with Gasteiger partial charge in [0.1, 0.15) is 18.3 Å². The number of ether oxygens (including phenoxy) is 3. The molecule has 0 amide bonds. The fourth-order valence-electron chi connectivity index (χ4n) is 4.19. The van der Waals surface area contributed by atoms with Crippen LogP contribution in [0.2, 0.25) is 0 Å². The molecule has 1 aliphatic heterocycles. The minimum atomic E-state index is -1.25. The fraction of sp³-hybridized carbons (Fsp3) is 1.00. The van der Waals surface area contributed by atoms with Gasteiger partial charge in [-0.25, -0.2) is 0 Å². The predicted octanol–water partition coefficient (Wildman–Crippen LogP) is 2.59. The highest BCUT2D eigenvalue weighted by atomic mass is 16.7. The van der Waals surface area contributed by atoms with Gasteiger partial charge in [0, 0.05) is 13.2 Å². The zero-order chi connectivity index (χ0) is 24.3. The van der Waals surface area contributed by atoms with E-state index in [0.717, 1.165) is 12.8 Å². The highest BCUT2D eigenvalue weighted by Crippen LogP contribution is 2.21. The summed E-state index contributed by atoms with van der Waals surface area (Å²) in [4.78, 5) is 0. The summed E-state index contributed by atoms with van der Waals surface area (Å²) in [6.45, 7) is 3.00. The van der Waals surface area contributed by atoms with E-state index in [1.165, 1.54) is 77.0 Å². The Kier molecular flexibility index (Phi) is 18.5. The molecule has 0 spiro atoms. The zero-order valence-electron chi connectivity index (χ0n) is 20.9. The Hall–Kier alpha value is -0.320. The van der Waals surface area contributed by atoms with Crippen LogP contribution in [0, 0.1) is 0 Å². The normalized spacial score (nSPS) is 26.5. The first-order valence-electron chi connectivity index (χ1n) is 13.4. The van der Waals surface area contributed by atoms with Crippen molar-refractivity contribution in [2.24, 2.45) is 11.5 Å². The maximum Gasteiger partial charge on any atom is 0.176 e. The topological polar surface area (TPSA) is 140 Å². The summed E-state index contributed by atoms with van der Waals surface area (Å²) in [6, 6.07) is -0.928. The Labute approximate surface area is 201 Å². The summed E-state index contributed by atoms with van der Waals surface area (Å²) >= 11 is 0. The average Bonchev–Trinajstić information content (AvgIpc) is 2.82. The molecule has 33 heavy (non-hydrogen) atoms. The molecule has 0 bridgehead atoms. The SMILES string of the molecule is CCCCCCCCCCCCCCCCOC[C@H](CN)O[C@@H]1O[C@H](CO)[C@@H](O)[C@H](O)[C@H]1N. The summed E-state index contributed by atoms with van der Waals surface area (Å²) in [7, 11) is 0. The number of aliphatic hydroxyl groups excluding tert-OH is 3. The molecule has 0 aromatic heterocycles. The van der Waals surface area contributed by atoms with E-state index in [4.69, 9.17) is 25.7 Å². The highest BCUT2D eigenvalue weighted by molar-refractivity contribution is 4.91. The van der Waals surface area contributed by atoms with E-state index in [1.807, 2.05) is 0 Å². The van der Waals surface area contributed by atoms with Gasteiger partial charge in [-0.15, -0.1) is 0 Å². The molecule has 1 saturated heterocycles. The summed E-state index contributed by atoms with van der Waals surface area (Å²) in [6.07, 6.45) is 13.7. The summed E-state index contributed by atoms with van der Waals surface area (Å²) in [5, 5.41) is 29.2. The van der Waals surface area contributed by atoms with E-state index in [2.05, 4.69) is 6.92 Å². The summed E-state index contributed by atoms with van der Waals surface area (Å²) in [5.41, 5.74) is 11.7. The molecular weight excluding hydrogens is 424 g/mol. The van der Waals surface area contributed by atoms with Crippen molar-refractivity contribution >= 4 is 0 Å². The second kappa shape index (κ2) is 19.9. The zero-order valence-corrected chi connectivity index (χ0v) is 20.9. The van der Waals surface area contributed by atoms with E-state index in [-0.39, 0.29) is 6.54 Å². The monoisotopic (exact) mass is 476 g/mol. The third-order valence-corrected chi connectivity index (χ3v) is 6.46. The van der Waals surface area contributed by atoms with Gasteiger partial charge in [0.25, 0.3) is 0 Å². The van der Waals surface area contributed by atoms with Crippen molar-refractivity contribution in [2.45, 2.75) is 134 Å². The van der Waals surface area contributed by atoms with Gasteiger partial charge in [0.15, 0.2) is 6.29 Å². The first-order valence-corrected chi connectivity index (χ1v) is 13.4. The Balaban J connectivity index is 1.98. The van der Waals surface area contributed by atoms with Crippen molar-refractivity contribution in [3.8, 4) is 0 Å². The van der Waals surface area contributed by atoms with Gasteiger partial charge >= 0.3 is 0 Å². The van der Waals surface area contributed by atoms with Crippen LogP contribution in [0.4, 0.5) is 0 Å². The van der Waals surface area contributed by atoms with Gasteiger partial charge in [0.2, 0.25) is 0 Å². The molecule has 1 fully saturated rings. The molecule has 1 aliphatic rings. The molecule has 0 saturated carbocycles. The standard InChI is InChI=1S/C25H52N2O6/c1-2-3-4-5-6-7-8-9-10-11-12-13-14-15-16-31-19-20(17-26)32-25-22(27)24(30)23(29)21(18-28)33-25/h20-25,28-30H,2-19,26-27H2,1H3/t20-,21+,22+,23+,24+,25+/m0/s1. The van der Waals surface area contributed by atoms with Crippen LogP contribution in [-0.2, 0) is 14.2 Å². The molecule has 0 radical (unpaired) electrons. The molecule has 0 unspecified atom stereocenters. The molecule has 1 heterocycles. The lowest BCUT2D eigenvalue weighted by atomic mass is 9.98. The lowest BCUT2D eigenvalue weighted by Crippen LogP contribution is -2.63. The van der Waals surface area contributed by atoms with Gasteiger partial charge in [-0.1, -0.05) is 90.4 Å². The number of nitrogens with two attached hydrogens (primary N) is 2. The largest absolute Gasteiger partial charge is 0.394 e. The van der Waals surface area contributed by atoms with Gasteiger partial charge in [-0.3, -0.25) is 0 Å². The van der Waals surface area contributed by atoms with Crippen molar-refractivity contribution in [2.75, 3.05) is 26.4 Å². The van der Waals surface area contributed by atoms with Crippen LogP contribution < -0.4 is 11.5 Å². The van der Waals surface area contributed by atoms with Crippen molar-refractivity contribution < 1.29 is 29.5 Å². The first kappa shape index (κ1) is 30.7. The maximum atomic E-state index is 10.0. The highest BCUT2D eigenvalue weighted by Gasteiger charge is 2.43. The quantitative estimate of drug-likeness (QED) is 0.159. The fourth-order valence-corrected chi connectivity index (χ4v) is 4.19. The van der Waals surface area contributed by atoms with Crippen LogP contribution in [-0.4, -0.2) is 78.4 Å². The van der Waals surface area contributed by atoms with E-state index in [1.54, 1.807) is 0 Å². The molecule has 0 aliphatic carbocycles. The Morgan fingerprint density at radius 3 is 1.82 bits per heavy atom. The lowest BCUT2D eigenvalue weighted by molar-refractivity contribution is -0.279. The predicted molar refractivity (Wildman–Crippen MR) is 131 cm³/mol. The van der Waals surface area contributed by atoms with Crippen LogP contribution in [0.3, 0.4) is 0 Å². The number of hydrogen-bond acceptors (Lipinski definition) is 8. The van der Waals surface area contributed by atoms with Crippen LogP contribution in [0.25, 0.3) is 0 Å². The van der Waals surface area contributed by atoms with Gasteiger partial charge in [-0.05, 0) is 6.42 Å².